The first-order chi connectivity index (χ1) is 39.2. The molecule has 1 unspecified atom stereocenters. The Kier molecular flexibility index (Phi) is 24.2. The van der Waals surface area contributed by atoms with E-state index in [1.54, 1.807) is 81.4 Å². The molecule has 452 valence electrons. The minimum Gasteiger partial charge on any atom is -0.493 e. The molecule has 21 nitrogen and oxygen atoms in total. The van der Waals surface area contributed by atoms with Gasteiger partial charge < -0.3 is 58.7 Å². The van der Waals surface area contributed by atoms with E-state index in [2.05, 4.69) is 10.6 Å². The van der Waals surface area contributed by atoms with E-state index in [0.717, 1.165) is 16.5 Å². The van der Waals surface area contributed by atoms with Crippen LogP contribution >= 0.6 is 0 Å². The summed E-state index contributed by atoms with van der Waals surface area (Å²) in [6.07, 6.45) is 4.01. The number of methoxy groups -OCH3 is 2. The third kappa shape index (κ3) is 19.4. The van der Waals surface area contributed by atoms with Gasteiger partial charge in [0.15, 0.2) is 18.1 Å². The number of amides is 6. The van der Waals surface area contributed by atoms with Crippen molar-refractivity contribution in [2.24, 2.45) is 11.3 Å². The van der Waals surface area contributed by atoms with Crippen LogP contribution in [0.15, 0.2) is 84.9 Å². The Bertz CT molecular complexity index is 2790. The molecule has 0 radical (unpaired) electrons. The highest BCUT2D eigenvalue weighted by atomic mass is 16.5. The van der Waals surface area contributed by atoms with Gasteiger partial charge in [-0.1, -0.05) is 68.5 Å². The van der Waals surface area contributed by atoms with E-state index in [1.807, 2.05) is 26.0 Å². The average Bonchev–Trinajstić information content (AvgIpc) is 3.61. The van der Waals surface area contributed by atoms with Crippen LogP contribution in [0, 0.1) is 11.3 Å². The zero-order chi connectivity index (χ0) is 61.2. The summed E-state index contributed by atoms with van der Waals surface area (Å²) in [5, 5.41) is 5.64. The zero-order valence-electron chi connectivity index (χ0n) is 50.2. The number of ketones is 1. The van der Waals surface area contributed by atoms with Crippen molar-refractivity contribution in [3.05, 3.63) is 102 Å². The number of esters is 2. The van der Waals surface area contributed by atoms with Crippen LogP contribution in [0.2, 0.25) is 0 Å². The molecule has 0 aliphatic carbocycles. The lowest BCUT2D eigenvalue weighted by atomic mass is 9.87. The number of rotatable bonds is 10. The van der Waals surface area contributed by atoms with Gasteiger partial charge in [0.25, 0.3) is 11.8 Å². The van der Waals surface area contributed by atoms with Gasteiger partial charge in [0, 0.05) is 40.3 Å². The second-order valence-corrected chi connectivity index (χ2v) is 23.0. The molecule has 0 saturated carbocycles. The summed E-state index contributed by atoms with van der Waals surface area (Å²) in [4.78, 5) is 131. The molecule has 1 fully saturated rings. The van der Waals surface area contributed by atoms with Crippen molar-refractivity contribution in [1.82, 2.24) is 30.2 Å². The van der Waals surface area contributed by atoms with Crippen molar-refractivity contribution < 1.29 is 71.6 Å². The molecule has 2 bridgehead atoms. The molecule has 83 heavy (non-hydrogen) atoms. The van der Waals surface area contributed by atoms with Gasteiger partial charge in [-0.25, -0.2) is 9.59 Å². The van der Waals surface area contributed by atoms with Crippen LogP contribution in [0.1, 0.15) is 116 Å². The Labute approximate surface area is 487 Å². The van der Waals surface area contributed by atoms with E-state index in [-0.39, 0.29) is 57.0 Å². The third-order valence-electron chi connectivity index (χ3n) is 14.3. The fourth-order valence-corrected chi connectivity index (χ4v) is 9.39. The highest BCUT2D eigenvalue weighted by molar-refractivity contribution is 6.38. The number of fused-ring (bicyclic) bond motifs is 3. The predicted molar refractivity (Wildman–Crippen MR) is 308 cm³/mol. The van der Waals surface area contributed by atoms with E-state index in [4.69, 9.17) is 28.4 Å². The van der Waals surface area contributed by atoms with Crippen LogP contribution in [0.3, 0.4) is 0 Å². The molecule has 3 aromatic carbocycles. The smallest absolute Gasteiger partial charge is 0.330 e. The van der Waals surface area contributed by atoms with Gasteiger partial charge in [0.2, 0.25) is 29.4 Å². The standard InChI is InChI=1S/C62H84N6O15/c1-40(2)33-45-57(74)67(10)47(37-82-61(3,4)5)56(73)64-54(42-21-14-13-15-22-42)58(75)65(8)31-18-17-26-53(71)81-39-62(6,7)55(72)59(76)68-32-19-16-25-46(68)60(77)83-48(29-27-41-28-30-49(78-11)50(34-41)79-12)43-23-20-24-44(35-43)80-38-52(70)66(9)36-51(69)63-45/h13-15,17,20-24,26,28,30,34-35,40,45-48,54H,16,18-19,25,27,29,31-33,36-39H2,1-12H3,(H,63,69)(H,64,73)/t45-,46+,47+,48-,54?/m1/s1. The van der Waals surface area contributed by atoms with E-state index in [1.165, 1.54) is 70.0 Å². The topological polar surface area (TPSA) is 246 Å². The Balaban J connectivity index is 1.48. The number of aryl methyl sites for hydroxylation is 1. The van der Waals surface area contributed by atoms with Crippen molar-refractivity contribution in [3.8, 4) is 17.2 Å². The van der Waals surface area contributed by atoms with Gasteiger partial charge in [-0.05, 0) is 126 Å². The van der Waals surface area contributed by atoms with Crippen LogP contribution in [0.25, 0.3) is 0 Å². The van der Waals surface area contributed by atoms with Crippen molar-refractivity contribution in [1.29, 1.82) is 0 Å². The van der Waals surface area contributed by atoms with Crippen LogP contribution in [-0.2, 0) is 63.8 Å². The third-order valence-corrected chi connectivity index (χ3v) is 14.3. The van der Waals surface area contributed by atoms with Gasteiger partial charge in [-0.15, -0.1) is 0 Å². The maximum Gasteiger partial charge on any atom is 0.330 e. The first kappa shape index (κ1) is 66.0. The van der Waals surface area contributed by atoms with E-state index < -0.39 is 114 Å². The summed E-state index contributed by atoms with van der Waals surface area (Å²) in [7, 11) is 7.42. The molecule has 3 aromatic rings. The van der Waals surface area contributed by atoms with Gasteiger partial charge in [0.1, 0.15) is 42.6 Å². The Morgan fingerprint density at radius 3 is 2.14 bits per heavy atom. The van der Waals surface area contributed by atoms with Gasteiger partial charge >= 0.3 is 11.9 Å². The molecule has 2 aliphatic rings. The summed E-state index contributed by atoms with van der Waals surface area (Å²) in [5.74, 6) is -5.25. The monoisotopic (exact) mass is 1150 g/mol. The maximum absolute atomic E-state index is 14.6. The Morgan fingerprint density at radius 1 is 0.771 bits per heavy atom. The van der Waals surface area contributed by atoms with Gasteiger partial charge in [0.05, 0.1) is 38.4 Å². The average molecular weight is 1150 g/mol. The number of nitrogens with one attached hydrogen (secondary N) is 2. The minimum absolute atomic E-state index is 0.0874. The number of hydrogen-bond acceptors (Lipinski definition) is 15. The molecule has 2 aliphatic heterocycles. The Hall–Kier alpha value is -7.81. The molecule has 0 aromatic heterocycles. The SMILES string of the molecule is COc1ccc(CC[C@H]2OC(=O)[C@@H]3CCCCN3C(=O)C(=O)C(C)(C)COC(=O)C=CCCN(C)C(=O)C(c3ccccc3)NC(=O)[C@H](COC(C)(C)C)N(C)C(=O)[C@@H](CC(C)C)NC(=O)CN(C)C(=O)COc3cccc2c3)cc1OC. The summed E-state index contributed by atoms with van der Waals surface area (Å²) in [5.41, 5.74) is -0.474. The molecule has 2 N–H and O–H groups in total. The molecular weight excluding hydrogens is 1070 g/mol. The van der Waals surface area contributed by atoms with Gasteiger partial charge in [-0.3, -0.25) is 33.6 Å². The summed E-state index contributed by atoms with van der Waals surface area (Å²) in [6, 6.07) is 15.8. The number of carbonyl (C=O) groups is 9. The molecule has 2 heterocycles. The number of benzene rings is 3. The largest absolute Gasteiger partial charge is 0.493 e. The van der Waals surface area contributed by atoms with Crippen LogP contribution in [0.4, 0.5) is 0 Å². The number of carbonyl (C=O) groups excluding carboxylic acids is 9. The van der Waals surface area contributed by atoms with E-state index in [0.29, 0.717) is 41.9 Å². The summed E-state index contributed by atoms with van der Waals surface area (Å²) < 4.78 is 34.8. The zero-order valence-corrected chi connectivity index (χ0v) is 50.2. The fraction of sp³-hybridized carbons (Fsp3) is 0.532. The maximum atomic E-state index is 14.6. The van der Waals surface area contributed by atoms with Crippen LogP contribution < -0.4 is 24.8 Å². The fourth-order valence-electron chi connectivity index (χ4n) is 9.39. The Morgan fingerprint density at radius 2 is 1.47 bits per heavy atom. The van der Waals surface area contributed by atoms with Crippen LogP contribution in [0.5, 0.6) is 17.2 Å². The molecular formula is C62H84N6O15. The molecule has 21 heteroatoms. The molecule has 0 spiro atoms. The van der Waals surface area contributed by atoms with Crippen molar-refractivity contribution >= 4 is 53.2 Å². The van der Waals surface area contributed by atoms with Crippen LogP contribution in [-0.4, -0.2) is 171 Å². The van der Waals surface area contributed by atoms with E-state index >= 15 is 0 Å². The predicted octanol–water partition coefficient (Wildman–Crippen LogP) is 5.73. The minimum atomic E-state index is -1.51. The summed E-state index contributed by atoms with van der Waals surface area (Å²) >= 11 is 0. The number of hydrogen-bond donors (Lipinski definition) is 2. The number of likely N-dealkylation sites (N-methyl/N-ethyl adjacent to an activating group) is 3. The summed E-state index contributed by atoms with van der Waals surface area (Å²) in [6.45, 7) is 10.5. The number of Topliss-reactive ketones (excluding diaryl/α,β-unsaturated/α-hetero) is 1. The molecule has 5 rings (SSSR count). The number of cyclic esters (lactones) is 2. The van der Waals surface area contributed by atoms with E-state index in [9.17, 15) is 43.2 Å². The first-order valence-corrected chi connectivity index (χ1v) is 28.1. The molecule has 6 amide bonds. The number of ether oxygens (including phenoxy) is 6. The lowest BCUT2D eigenvalue weighted by Gasteiger charge is -2.36. The van der Waals surface area contributed by atoms with Crippen molar-refractivity contribution in [3.63, 3.8) is 0 Å². The molecule has 1 saturated heterocycles. The normalized spacial score (nSPS) is 22.2. The lowest BCUT2D eigenvalue weighted by Crippen LogP contribution is -2.58. The number of piperidine rings is 1. The second-order valence-electron chi connectivity index (χ2n) is 23.0. The first-order valence-electron chi connectivity index (χ1n) is 28.1. The quantitative estimate of drug-likeness (QED) is 0.182. The second kappa shape index (κ2) is 30.5. The lowest BCUT2D eigenvalue weighted by molar-refractivity contribution is -0.165. The van der Waals surface area contributed by atoms with Gasteiger partial charge in [-0.2, -0.15) is 0 Å². The van der Waals surface area contributed by atoms with Crippen molar-refractivity contribution in [2.45, 2.75) is 129 Å². The van der Waals surface area contributed by atoms with Crippen molar-refractivity contribution in [2.75, 3.05) is 74.8 Å². The highest BCUT2D eigenvalue weighted by Crippen LogP contribution is 2.33. The highest BCUT2D eigenvalue weighted by Gasteiger charge is 2.43. The number of nitrogens with zero attached hydrogens (tertiary/aromatic N) is 4. The molecule has 5 atom stereocenters.